The Morgan fingerprint density at radius 1 is 1.35 bits per heavy atom. The number of amides is 1. The zero-order chi connectivity index (χ0) is 14.8. The summed E-state index contributed by atoms with van der Waals surface area (Å²) in [5, 5.41) is 12.2. The van der Waals surface area contributed by atoms with E-state index in [1.807, 2.05) is 0 Å². The number of nitrogens with zero attached hydrogens (tertiary/aromatic N) is 1. The quantitative estimate of drug-likeness (QED) is 0.876. The fourth-order valence-corrected chi connectivity index (χ4v) is 2.34. The van der Waals surface area contributed by atoms with E-state index in [4.69, 9.17) is 0 Å². The number of aliphatic hydroxyl groups excluding tert-OH is 1. The highest BCUT2D eigenvalue weighted by molar-refractivity contribution is 5.95. The van der Waals surface area contributed by atoms with Crippen molar-refractivity contribution in [3.05, 3.63) is 29.6 Å². The summed E-state index contributed by atoms with van der Waals surface area (Å²) in [6.07, 6.45) is -1.60. The van der Waals surface area contributed by atoms with E-state index in [2.05, 4.69) is 10.3 Å². The number of pyridine rings is 1. The number of aliphatic hydroxyl groups is 1. The van der Waals surface area contributed by atoms with Crippen molar-refractivity contribution in [2.24, 2.45) is 0 Å². The van der Waals surface area contributed by atoms with Crippen molar-refractivity contribution < 1.29 is 23.1 Å². The zero-order valence-corrected chi connectivity index (χ0v) is 10.7. The third-order valence-corrected chi connectivity index (χ3v) is 3.37. The minimum atomic E-state index is -4.68. The van der Waals surface area contributed by atoms with Gasteiger partial charge in [0.2, 0.25) is 0 Å². The lowest BCUT2D eigenvalue weighted by molar-refractivity contribution is -0.141. The first-order valence-corrected chi connectivity index (χ1v) is 6.40. The molecule has 7 heteroatoms. The molecule has 0 aromatic carbocycles. The van der Waals surface area contributed by atoms with Crippen LogP contribution in [-0.2, 0) is 6.18 Å². The van der Waals surface area contributed by atoms with Gasteiger partial charge in [0.05, 0.1) is 17.7 Å². The number of carbonyl (C=O) groups excluding carboxylic acids is 1. The number of alkyl halides is 3. The highest BCUT2D eigenvalue weighted by atomic mass is 19.4. The summed E-state index contributed by atoms with van der Waals surface area (Å²) in [5.41, 5.74) is -1.72. The van der Waals surface area contributed by atoms with Crippen LogP contribution in [0.2, 0.25) is 0 Å². The molecule has 0 bridgehead atoms. The predicted octanol–water partition coefficient (Wildman–Crippen LogP) is 2.13. The Bertz CT molecular complexity index is 491. The van der Waals surface area contributed by atoms with Crippen LogP contribution in [-0.4, -0.2) is 28.1 Å². The topological polar surface area (TPSA) is 62.2 Å². The molecule has 1 fully saturated rings. The SMILES string of the molecule is O=C(N[C@@H]1CCCC[C@H]1O)c1cccnc1C(F)(F)F. The number of nitrogens with one attached hydrogen (secondary N) is 1. The highest BCUT2D eigenvalue weighted by Gasteiger charge is 2.37. The molecule has 0 spiro atoms. The van der Waals surface area contributed by atoms with Gasteiger partial charge in [0, 0.05) is 6.20 Å². The van der Waals surface area contributed by atoms with Gasteiger partial charge in [-0.3, -0.25) is 9.78 Å². The third kappa shape index (κ3) is 3.27. The molecule has 2 rings (SSSR count). The van der Waals surface area contributed by atoms with Crippen molar-refractivity contribution in [3.63, 3.8) is 0 Å². The lowest BCUT2D eigenvalue weighted by Gasteiger charge is -2.28. The molecule has 4 nitrogen and oxygen atoms in total. The van der Waals surface area contributed by atoms with Crippen LogP contribution in [0.25, 0.3) is 0 Å². The van der Waals surface area contributed by atoms with E-state index in [0.717, 1.165) is 25.1 Å². The average Bonchev–Trinajstić information content (AvgIpc) is 2.40. The van der Waals surface area contributed by atoms with E-state index in [9.17, 15) is 23.1 Å². The molecule has 20 heavy (non-hydrogen) atoms. The fraction of sp³-hybridized carbons (Fsp3) is 0.538. The molecule has 1 saturated carbocycles. The van der Waals surface area contributed by atoms with Crippen molar-refractivity contribution in [2.75, 3.05) is 0 Å². The van der Waals surface area contributed by atoms with Gasteiger partial charge in [-0.05, 0) is 25.0 Å². The van der Waals surface area contributed by atoms with Crippen molar-refractivity contribution >= 4 is 5.91 Å². The van der Waals surface area contributed by atoms with Gasteiger partial charge < -0.3 is 10.4 Å². The maximum atomic E-state index is 12.8. The monoisotopic (exact) mass is 288 g/mol. The van der Waals surface area contributed by atoms with Crippen LogP contribution in [0, 0.1) is 0 Å². The summed E-state index contributed by atoms with van der Waals surface area (Å²) in [6, 6.07) is 1.86. The molecule has 1 heterocycles. The van der Waals surface area contributed by atoms with Crippen LogP contribution in [0.4, 0.5) is 13.2 Å². The standard InChI is InChI=1S/C13H15F3N2O2/c14-13(15,16)11-8(4-3-7-17-11)12(20)18-9-5-1-2-6-10(9)19/h3-4,7,9-10,19H,1-2,5-6H2,(H,18,20)/t9-,10-/m1/s1. The largest absolute Gasteiger partial charge is 0.434 e. The molecule has 0 radical (unpaired) electrons. The number of halogens is 3. The Balaban J connectivity index is 2.17. The normalized spacial score (nSPS) is 23.4. The smallest absolute Gasteiger partial charge is 0.391 e. The van der Waals surface area contributed by atoms with E-state index in [0.29, 0.717) is 12.8 Å². The number of hydrogen-bond acceptors (Lipinski definition) is 3. The summed E-state index contributed by atoms with van der Waals surface area (Å²) in [7, 11) is 0. The van der Waals surface area contributed by atoms with Gasteiger partial charge in [0.15, 0.2) is 5.69 Å². The lowest BCUT2D eigenvalue weighted by Crippen LogP contribution is -2.45. The molecule has 1 amide bonds. The number of carbonyl (C=O) groups is 1. The van der Waals surface area contributed by atoms with Crippen LogP contribution in [0.3, 0.4) is 0 Å². The third-order valence-electron chi connectivity index (χ3n) is 3.37. The number of aromatic nitrogens is 1. The van der Waals surface area contributed by atoms with Crippen molar-refractivity contribution in [2.45, 2.75) is 44.0 Å². The van der Waals surface area contributed by atoms with Gasteiger partial charge in [0.1, 0.15) is 0 Å². The van der Waals surface area contributed by atoms with Gasteiger partial charge in [-0.1, -0.05) is 12.8 Å². The molecule has 1 aromatic rings. The van der Waals surface area contributed by atoms with E-state index >= 15 is 0 Å². The number of rotatable bonds is 2. The first kappa shape index (κ1) is 14.8. The van der Waals surface area contributed by atoms with Crippen molar-refractivity contribution in [1.82, 2.24) is 10.3 Å². The van der Waals surface area contributed by atoms with E-state index in [-0.39, 0.29) is 0 Å². The van der Waals surface area contributed by atoms with Crippen LogP contribution in [0.1, 0.15) is 41.7 Å². The highest BCUT2D eigenvalue weighted by Crippen LogP contribution is 2.30. The van der Waals surface area contributed by atoms with Crippen LogP contribution < -0.4 is 5.32 Å². The molecule has 2 N–H and O–H groups in total. The van der Waals surface area contributed by atoms with Crippen LogP contribution in [0.15, 0.2) is 18.3 Å². The second kappa shape index (κ2) is 5.78. The molecule has 2 atom stereocenters. The van der Waals surface area contributed by atoms with Crippen molar-refractivity contribution in [3.8, 4) is 0 Å². The average molecular weight is 288 g/mol. The van der Waals surface area contributed by atoms with Gasteiger partial charge >= 0.3 is 6.18 Å². The minimum Gasteiger partial charge on any atom is -0.391 e. The molecule has 1 aromatic heterocycles. The van der Waals surface area contributed by atoms with E-state index in [1.165, 1.54) is 6.07 Å². The molecule has 0 unspecified atom stereocenters. The Morgan fingerprint density at radius 2 is 2.05 bits per heavy atom. The predicted molar refractivity (Wildman–Crippen MR) is 65.0 cm³/mol. The summed E-state index contributed by atoms with van der Waals surface area (Å²) in [6.45, 7) is 0. The summed E-state index contributed by atoms with van der Waals surface area (Å²) in [5.74, 6) is -0.851. The van der Waals surface area contributed by atoms with Crippen LogP contribution >= 0.6 is 0 Å². The molecule has 1 aliphatic carbocycles. The molecule has 1 aliphatic rings. The minimum absolute atomic E-state index is 0.502. The molecule has 110 valence electrons. The first-order chi connectivity index (χ1) is 9.39. The van der Waals surface area contributed by atoms with E-state index in [1.54, 1.807) is 0 Å². The fourth-order valence-electron chi connectivity index (χ4n) is 2.34. The molecule has 0 saturated heterocycles. The number of hydrogen-bond donors (Lipinski definition) is 2. The Hall–Kier alpha value is -1.63. The Labute approximate surface area is 114 Å². The molecular weight excluding hydrogens is 273 g/mol. The van der Waals surface area contributed by atoms with Gasteiger partial charge in [-0.15, -0.1) is 0 Å². The van der Waals surface area contributed by atoms with E-state index < -0.39 is 35.5 Å². The maximum absolute atomic E-state index is 12.8. The second-order valence-corrected chi connectivity index (χ2v) is 4.83. The Kier molecular flexibility index (Phi) is 4.27. The van der Waals surface area contributed by atoms with Gasteiger partial charge in [0.25, 0.3) is 5.91 Å². The van der Waals surface area contributed by atoms with Gasteiger partial charge in [-0.2, -0.15) is 13.2 Å². The first-order valence-electron chi connectivity index (χ1n) is 6.40. The molecule has 0 aliphatic heterocycles. The second-order valence-electron chi connectivity index (χ2n) is 4.83. The molecular formula is C13H15F3N2O2. The maximum Gasteiger partial charge on any atom is 0.434 e. The van der Waals surface area contributed by atoms with Crippen LogP contribution in [0.5, 0.6) is 0 Å². The Morgan fingerprint density at radius 3 is 2.70 bits per heavy atom. The summed E-state index contributed by atoms with van der Waals surface area (Å²) in [4.78, 5) is 15.2. The summed E-state index contributed by atoms with van der Waals surface area (Å²) < 4.78 is 38.3. The summed E-state index contributed by atoms with van der Waals surface area (Å²) >= 11 is 0. The lowest BCUT2D eigenvalue weighted by atomic mass is 9.92. The van der Waals surface area contributed by atoms with Crippen molar-refractivity contribution in [1.29, 1.82) is 0 Å². The zero-order valence-electron chi connectivity index (χ0n) is 10.7. The van der Waals surface area contributed by atoms with Gasteiger partial charge in [-0.25, -0.2) is 0 Å².